The second-order valence-electron chi connectivity index (χ2n) is 6.98. The SMILES string of the molecule is CCNC(=NCC(C)(C)OC)NCC(C)N1CCc2sccc2C1. The van der Waals surface area contributed by atoms with Gasteiger partial charge in [0.25, 0.3) is 0 Å². The van der Waals surface area contributed by atoms with E-state index in [1.54, 1.807) is 12.0 Å². The number of guanidine groups is 1. The Bertz CT molecular complexity index is 541. The molecular weight excluding hydrogens is 320 g/mol. The third-order valence-corrected chi connectivity index (χ3v) is 5.56. The van der Waals surface area contributed by atoms with E-state index in [0.29, 0.717) is 12.6 Å². The van der Waals surface area contributed by atoms with Crippen molar-refractivity contribution in [3.05, 3.63) is 21.9 Å². The second kappa shape index (κ2) is 8.83. The Balaban J connectivity index is 1.86. The first-order valence-electron chi connectivity index (χ1n) is 8.82. The number of rotatable bonds is 7. The van der Waals surface area contributed by atoms with Crippen LogP contribution in [0.25, 0.3) is 0 Å². The molecule has 0 radical (unpaired) electrons. The summed E-state index contributed by atoms with van der Waals surface area (Å²) in [6.07, 6.45) is 1.17. The van der Waals surface area contributed by atoms with Crippen molar-refractivity contribution in [2.75, 3.05) is 33.3 Å². The summed E-state index contributed by atoms with van der Waals surface area (Å²) in [4.78, 5) is 8.76. The van der Waals surface area contributed by atoms with Crippen molar-refractivity contribution in [2.24, 2.45) is 4.99 Å². The molecule has 0 aromatic carbocycles. The molecule has 1 unspecified atom stereocenters. The summed E-state index contributed by atoms with van der Waals surface area (Å²) in [5.74, 6) is 0.864. The minimum atomic E-state index is -0.240. The average Bonchev–Trinajstić information content (AvgIpc) is 3.04. The maximum absolute atomic E-state index is 5.44. The highest BCUT2D eigenvalue weighted by atomic mass is 32.1. The topological polar surface area (TPSA) is 48.9 Å². The monoisotopic (exact) mass is 352 g/mol. The highest BCUT2D eigenvalue weighted by molar-refractivity contribution is 7.10. The summed E-state index contributed by atoms with van der Waals surface area (Å²) in [5, 5.41) is 9.00. The molecule has 0 spiro atoms. The van der Waals surface area contributed by atoms with E-state index in [-0.39, 0.29) is 5.60 Å². The quantitative estimate of drug-likeness (QED) is 0.585. The zero-order valence-corrected chi connectivity index (χ0v) is 16.5. The van der Waals surface area contributed by atoms with Crippen molar-refractivity contribution in [1.82, 2.24) is 15.5 Å². The third kappa shape index (κ3) is 5.46. The predicted molar refractivity (Wildman–Crippen MR) is 103 cm³/mol. The Labute approximate surface area is 150 Å². The van der Waals surface area contributed by atoms with E-state index in [1.165, 1.54) is 12.0 Å². The van der Waals surface area contributed by atoms with Crippen LogP contribution in [0.3, 0.4) is 0 Å². The number of methoxy groups -OCH3 is 1. The highest BCUT2D eigenvalue weighted by Gasteiger charge is 2.21. The molecule has 6 heteroatoms. The molecule has 1 aromatic rings. The largest absolute Gasteiger partial charge is 0.377 e. The summed E-state index contributed by atoms with van der Waals surface area (Å²) in [6.45, 7) is 13.1. The van der Waals surface area contributed by atoms with Gasteiger partial charge in [0.15, 0.2) is 5.96 Å². The predicted octanol–water partition coefficient (Wildman–Crippen LogP) is 2.47. The zero-order chi connectivity index (χ0) is 17.6. The van der Waals surface area contributed by atoms with Crippen LogP contribution in [-0.2, 0) is 17.7 Å². The lowest BCUT2D eigenvalue weighted by Gasteiger charge is -2.33. The van der Waals surface area contributed by atoms with Crippen LogP contribution >= 0.6 is 11.3 Å². The number of ether oxygens (including phenoxy) is 1. The molecular formula is C18H32N4OS. The van der Waals surface area contributed by atoms with Gasteiger partial charge in [0.2, 0.25) is 0 Å². The number of aliphatic imine (C=N–C) groups is 1. The van der Waals surface area contributed by atoms with Gasteiger partial charge in [-0.05, 0) is 51.1 Å². The van der Waals surface area contributed by atoms with Gasteiger partial charge in [-0.1, -0.05) is 0 Å². The Morgan fingerprint density at radius 1 is 1.46 bits per heavy atom. The first kappa shape index (κ1) is 19.2. The van der Waals surface area contributed by atoms with Gasteiger partial charge in [0.05, 0.1) is 12.1 Å². The summed E-state index contributed by atoms with van der Waals surface area (Å²) < 4.78 is 5.44. The molecule has 2 heterocycles. The van der Waals surface area contributed by atoms with E-state index in [1.807, 2.05) is 11.3 Å². The van der Waals surface area contributed by atoms with E-state index in [2.05, 4.69) is 59.7 Å². The van der Waals surface area contributed by atoms with Crippen LogP contribution in [0.15, 0.2) is 16.4 Å². The van der Waals surface area contributed by atoms with E-state index >= 15 is 0 Å². The summed E-state index contributed by atoms with van der Waals surface area (Å²) in [7, 11) is 1.73. The lowest BCUT2D eigenvalue weighted by atomic mass is 10.1. The number of nitrogens with zero attached hydrogens (tertiary/aromatic N) is 2. The average molecular weight is 353 g/mol. The molecule has 0 amide bonds. The summed E-state index contributed by atoms with van der Waals surface area (Å²) in [6, 6.07) is 2.74. The molecule has 1 aliphatic rings. The van der Waals surface area contributed by atoms with Crippen molar-refractivity contribution < 1.29 is 4.74 Å². The van der Waals surface area contributed by atoms with Crippen molar-refractivity contribution in [1.29, 1.82) is 0 Å². The van der Waals surface area contributed by atoms with Gasteiger partial charge in [-0.25, -0.2) is 0 Å². The van der Waals surface area contributed by atoms with Crippen LogP contribution in [-0.4, -0.2) is 55.8 Å². The Hall–Kier alpha value is -1.11. The number of hydrogen-bond donors (Lipinski definition) is 2. The molecule has 24 heavy (non-hydrogen) atoms. The van der Waals surface area contributed by atoms with Crippen LogP contribution in [0.5, 0.6) is 0 Å². The van der Waals surface area contributed by atoms with E-state index in [0.717, 1.165) is 32.1 Å². The van der Waals surface area contributed by atoms with Gasteiger partial charge in [-0.15, -0.1) is 11.3 Å². The molecule has 136 valence electrons. The molecule has 1 aliphatic heterocycles. The van der Waals surface area contributed by atoms with Gasteiger partial charge in [0, 0.05) is 44.2 Å². The van der Waals surface area contributed by atoms with Crippen molar-refractivity contribution in [2.45, 2.75) is 52.3 Å². The standard InChI is InChI=1S/C18H32N4OS/c1-6-19-17(21-13-18(3,4)23-5)20-11-14(2)22-9-7-16-15(12-22)8-10-24-16/h8,10,14H,6-7,9,11-13H2,1-5H3,(H2,19,20,21). The number of hydrogen-bond acceptors (Lipinski definition) is 4. The van der Waals surface area contributed by atoms with Crippen LogP contribution in [0.2, 0.25) is 0 Å². The van der Waals surface area contributed by atoms with Crippen molar-refractivity contribution in [3.8, 4) is 0 Å². The number of nitrogens with one attached hydrogen (secondary N) is 2. The Kier molecular flexibility index (Phi) is 7.07. The highest BCUT2D eigenvalue weighted by Crippen LogP contribution is 2.24. The van der Waals surface area contributed by atoms with E-state index < -0.39 is 0 Å². The van der Waals surface area contributed by atoms with Crippen LogP contribution in [0, 0.1) is 0 Å². The van der Waals surface area contributed by atoms with Gasteiger partial charge in [-0.3, -0.25) is 9.89 Å². The Morgan fingerprint density at radius 3 is 2.96 bits per heavy atom. The molecule has 0 fully saturated rings. The summed E-state index contributed by atoms with van der Waals surface area (Å²) in [5.41, 5.74) is 1.26. The smallest absolute Gasteiger partial charge is 0.191 e. The molecule has 5 nitrogen and oxygen atoms in total. The van der Waals surface area contributed by atoms with Crippen molar-refractivity contribution >= 4 is 17.3 Å². The zero-order valence-electron chi connectivity index (χ0n) is 15.7. The minimum Gasteiger partial charge on any atom is -0.377 e. The molecule has 1 aromatic heterocycles. The maximum Gasteiger partial charge on any atom is 0.191 e. The molecule has 2 N–H and O–H groups in total. The first-order valence-corrected chi connectivity index (χ1v) is 9.69. The molecule has 1 atom stereocenters. The van der Waals surface area contributed by atoms with Gasteiger partial charge >= 0.3 is 0 Å². The van der Waals surface area contributed by atoms with Gasteiger partial charge in [-0.2, -0.15) is 0 Å². The van der Waals surface area contributed by atoms with Gasteiger partial charge < -0.3 is 15.4 Å². The van der Waals surface area contributed by atoms with E-state index in [9.17, 15) is 0 Å². The van der Waals surface area contributed by atoms with Gasteiger partial charge in [0.1, 0.15) is 0 Å². The fourth-order valence-corrected chi connectivity index (χ4v) is 3.59. The lowest BCUT2D eigenvalue weighted by Crippen LogP contribution is -2.47. The van der Waals surface area contributed by atoms with E-state index in [4.69, 9.17) is 4.74 Å². The minimum absolute atomic E-state index is 0.240. The lowest BCUT2D eigenvalue weighted by molar-refractivity contribution is 0.0310. The Morgan fingerprint density at radius 2 is 2.25 bits per heavy atom. The van der Waals surface area contributed by atoms with Crippen LogP contribution in [0.1, 0.15) is 38.1 Å². The summed E-state index contributed by atoms with van der Waals surface area (Å²) >= 11 is 1.89. The molecule has 0 saturated carbocycles. The number of thiophene rings is 1. The van der Waals surface area contributed by atoms with Crippen LogP contribution < -0.4 is 10.6 Å². The molecule has 2 rings (SSSR count). The second-order valence-corrected chi connectivity index (χ2v) is 7.98. The molecule has 0 aliphatic carbocycles. The molecule has 0 saturated heterocycles. The molecule has 0 bridgehead atoms. The number of fused-ring (bicyclic) bond motifs is 1. The first-order chi connectivity index (χ1) is 11.4. The third-order valence-electron chi connectivity index (χ3n) is 4.54. The maximum atomic E-state index is 5.44. The fourth-order valence-electron chi connectivity index (χ4n) is 2.70. The van der Waals surface area contributed by atoms with Crippen LogP contribution in [0.4, 0.5) is 0 Å². The fraction of sp³-hybridized carbons (Fsp3) is 0.722. The van der Waals surface area contributed by atoms with Crippen molar-refractivity contribution in [3.63, 3.8) is 0 Å². The normalized spacial score (nSPS) is 17.5.